The van der Waals surface area contributed by atoms with E-state index >= 15 is 0 Å². The zero-order chi connectivity index (χ0) is 15.1. The van der Waals surface area contributed by atoms with E-state index in [0.29, 0.717) is 18.9 Å². The number of anilines is 2. The van der Waals surface area contributed by atoms with Crippen LogP contribution in [0.3, 0.4) is 0 Å². The van der Waals surface area contributed by atoms with Gasteiger partial charge in [0.25, 0.3) is 0 Å². The Morgan fingerprint density at radius 1 is 1.19 bits per heavy atom. The van der Waals surface area contributed by atoms with Gasteiger partial charge < -0.3 is 15.7 Å². The van der Waals surface area contributed by atoms with Crippen molar-refractivity contribution in [2.75, 3.05) is 23.8 Å². The van der Waals surface area contributed by atoms with Crippen molar-refractivity contribution in [2.45, 2.75) is 26.3 Å². The van der Waals surface area contributed by atoms with Gasteiger partial charge in [0.05, 0.1) is 5.69 Å². The van der Waals surface area contributed by atoms with Crippen LogP contribution in [-0.4, -0.2) is 39.3 Å². The lowest BCUT2D eigenvalue weighted by molar-refractivity contribution is 0.292. The Morgan fingerprint density at radius 3 is 2.62 bits per heavy atom. The molecule has 0 aliphatic rings. The molecule has 3 N–H and O–H groups in total. The molecule has 0 aliphatic carbocycles. The second kappa shape index (κ2) is 7.54. The molecule has 0 unspecified atom stereocenters. The second-order valence-corrected chi connectivity index (χ2v) is 5.00. The number of nitrogens with one attached hydrogen (secondary N) is 2. The smallest absolute Gasteiger partial charge is 0.225 e. The normalized spacial score (nSPS) is 10.7. The van der Waals surface area contributed by atoms with Gasteiger partial charge in [-0.2, -0.15) is 4.98 Å². The van der Waals surface area contributed by atoms with E-state index in [1.165, 1.54) is 0 Å². The largest absolute Gasteiger partial charge is 0.396 e. The van der Waals surface area contributed by atoms with Crippen LogP contribution in [0.15, 0.2) is 30.6 Å². The van der Waals surface area contributed by atoms with Gasteiger partial charge >= 0.3 is 0 Å². The van der Waals surface area contributed by atoms with Crippen LogP contribution in [0.1, 0.15) is 20.3 Å². The van der Waals surface area contributed by atoms with E-state index < -0.39 is 0 Å². The fourth-order valence-electron chi connectivity index (χ4n) is 1.85. The summed E-state index contributed by atoms with van der Waals surface area (Å²) < 4.78 is 0. The molecule has 6 nitrogen and oxygen atoms in total. The molecule has 0 radical (unpaired) electrons. The highest BCUT2D eigenvalue weighted by molar-refractivity contribution is 5.63. The van der Waals surface area contributed by atoms with Crippen LogP contribution in [0.5, 0.6) is 0 Å². The van der Waals surface area contributed by atoms with E-state index in [1.807, 2.05) is 18.2 Å². The predicted octanol–water partition coefficient (Wildman–Crippen LogP) is 2.15. The third-order valence-corrected chi connectivity index (χ3v) is 2.76. The van der Waals surface area contributed by atoms with Crippen molar-refractivity contribution in [3.05, 3.63) is 30.6 Å². The molecular formula is C15H21N5O. The average Bonchev–Trinajstić information content (AvgIpc) is 2.47. The van der Waals surface area contributed by atoms with Crippen LogP contribution >= 0.6 is 0 Å². The number of aliphatic hydroxyl groups excluding tert-OH is 1. The first kappa shape index (κ1) is 15.2. The third kappa shape index (κ3) is 4.68. The summed E-state index contributed by atoms with van der Waals surface area (Å²) in [7, 11) is 0. The van der Waals surface area contributed by atoms with Crippen LogP contribution < -0.4 is 10.6 Å². The molecule has 21 heavy (non-hydrogen) atoms. The number of rotatable bonds is 7. The molecule has 0 atom stereocenters. The lowest BCUT2D eigenvalue weighted by Crippen LogP contribution is -2.14. The first-order valence-corrected chi connectivity index (χ1v) is 7.10. The van der Waals surface area contributed by atoms with E-state index in [2.05, 4.69) is 39.4 Å². The Hall–Kier alpha value is -2.21. The van der Waals surface area contributed by atoms with Crippen LogP contribution in [0.4, 0.5) is 11.8 Å². The molecule has 112 valence electrons. The Balaban J connectivity index is 2.28. The lowest BCUT2D eigenvalue weighted by Gasteiger charge is -2.13. The molecule has 0 spiro atoms. The summed E-state index contributed by atoms with van der Waals surface area (Å²) in [6, 6.07) is 6.04. The van der Waals surface area contributed by atoms with Crippen LogP contribution in [0.2, 0.25) is 0 Å². The fraction of sp³-hybridized carbons (Fsp3) is 0.400. The Labute approximate surface area is 124 Å². The quantitative estimate of drug-likeness (QED) is 0.677. The second-order valence-electron chi connectivity index (χ2n) is 5.00. The first-order chi connectivity index (χ1) is 10.2. The first-order valence-electron chi connectivity index (χ1n) is 7.10. The average molecular weight is 287 g/mol. The minimum Gasteiger partial charge on any atom is -0.396 e. The van der Waals surface area contributed by atoms with Crippen LogP contribution in [0, 0.1) is 0 Å². The summed E-state index contributed by atoms with van der Waals surface area (Å²) in [6.07, 6.45) is 4.15. The number of hydrogen-bond acceptors (Lipinski definition) is 6. The number of aliphatic hydroxyl groups is 1. The van der Waals surface area contributed by atoms with E-state index in [-0.39, 0.29) is 12.6 Å². The molecule has 2 heterocycles. The standard InChI is InChI=1S/C15H21N5O/c1-11(2)18-14-10-13(12-4-7-16-8-5-12)19-15(20-14)17-6-3-9-21/h4-5,7-8,10-11,21H,3,6,9H2,1-2H3,(H2,17,18,19,20). The Morgan fingerprint density at radius 2 is 1.95 bits per heavy atom. The van der Waals surface area contributed by atoms with Crippen LogP contribution in [-0.2, 0) is 0 Å². The van der Waals surface area contributed by atoms with Gasteiger partial charge in [0.1, 0.15) is 5.82 Å². The number of aromatic nitrogens is 3. The maximum Gasteiger partial charge on any atom is 0.225 e. The molecule has 0 saturated carbocycles. The van der Waals surface area contributed by atoms with E-state index in [1.54, 1.807) is 12.4 Å². The van der Waals surface area contributed by atoms with Gasteiger partial charge in [0.15, 0.2) is 0 Å². The minimum atomic E-state index is 0.147. The van der Waals surface area contributed by atoms with Gasteiger partial charge in [0.2, 0.25) is 5.95 Å². The number of hydrogen-bond donors (Lipinski definition) is 3. The molecule has 6 heteroatoms. The zero-order valence-electron chi connectivity index (χ0n) is 12.4. The van der Waals surface area contributed by atoms with E-state index in [0.717, 1.165) is 17.1 Å². The molecule has 0 aromatic carbocycles. The predicted molar refractivity (Wildman–Crippen MR) is 84.2 cm³/mol. The molecule has 2 rings (SSSR count). The van der Waals surface area contributed by atoms with Gasteiger partial charge in [-0.15, -0.1) is 0 Å². The summed E-state index contributed by atoms with van der Waals surface area (Å²) in [5.41, 5.74) is 1.83. The van der Waals surface area contributed by atoms with Gasteiger partial charge in [-0.25, -0.2) is 4.98 Å². The monoisotopic (exact) mass is 287 g/mol. The molecule has 0 saturated heterocycles. The number of pyridine rings is 1. The lowest BCUT2D eigenvalue weighted by atomic mass is 10.2. The summed E-state index contributed by atoms with van der Waals surface area (Å²) in [5, 5.41) is 15.3. The van der Waals surface area contributed by atoms with E-state index in [4.69, 9.17) is 5.11 Å². The molecule has 0 amide bonds. The summed E-state index contributed by atoms with van der Waals surface area (Å²) >= 11 is 0. The maximum absolute atomic E-state index is 8.85. The molecule has 2 aromatic heterocycles. The molecule has 0 aliphatic heterocycles. The number of nitrogens with zero attached hydrogens (tertiary/aromatic N) is 3. The zero-order valence-corrected chi connectivity index (χ0v) is 12.4. The maximum atomic E-state index is 8.85. The highest BCUT2D eigenvalue weighted by Gasteiger charge is 2.07. The topological polar surface area (TPSA) is 83.0 Å². The fourth-order valence-corrected chi connectivity index (χ4v) is 1.85. The summed E-state index contributed by atoms with van der Waals surface area (Å²) in [6.45, 7) is 4.91. The van der Waals surface area contributed by atoms with Gasteiger partial charge in [-0.1, -0.05) is 0 Å². The van der Waals surface area contributed by atoms with E-state index in [9.17, 15) is 0 Å². The SMILES string of the molecule is CC(C)Nc1cc(-c2ccncc2)nc(NCCCO)n1. The van der Waals surface area contributed by atoms with Gasteiger partial charge in [-0.3, -0.25) is 4.98 Å². The minimum absolute atomic E-state index is 0.147. The van der Waals surface area contributed by atoms with Crippen molar-refractivity contribution < 1.29 is 5.11 Å². The Kier molecular flexibility index (Phi) is 5.45. The highest BCUT2D eigenvalue weighted by Crippen LogP contribution is 2.21. The van der Waals surface area contributed by atoms with Gasteiger partial charge in [-0.05, 0) is 32.4 Å². The highest BCUT2D eigenvalue weighted by atomic mass is 16.3. The van der Waals surface area contributed by atoms with Crippen molar-refractivity contribution in [3.63, 3.8) is 0 Å². The van der Waals surface area contributed by atoms with Crippen molar-refractivity contribution >= 4 is 11.8 Å². The molecule has 0 bridgehead atoms. The van der Waals surface area contributed by atoms with Crippen LogP contribution in [0.25, 0.3) is 11.3 Å². The molecule has 0 fully saturated rings. The molecule has 2 aromatic rings. The van der Waals surface area contributed by atoms with Crippen molar-refractivity contribution in [3.8, 4) is 11.3 Å². The Bertz CT molecular complexity index is 559. The van der Waals surface area contributed by atoms with Crippen molar-refractivity contribution in [1.29, 1.82) is 0 Å². The van der Waals surface area contributed by atoms with Crippen molar-refractivity contribution in [2.24, 2.45) is 0 Å². The third-order valence-electron chi connectivity index (χ3n) is 2.76. The molecular weight excluding hydrogens is 266 g/mol. The summed E-state index contributed by atoms with van der Waals surface area (Å²) in [5.74, 6) is 1.33. The summed E-state index contributed by atoms with van der Waals surface area (Å²) in [4.78, 5) is 13.0. The van der Waals surface area contributed by atoms with Gasteiger partial charge in [0, 0.05) is 43.2 Å². The van der Waals surface area contributed by atoms with Crippen molar-refractivity contribution in [1.82, 2.24) is 15.0 Å².